The SMILES string of the molecule is CCC[CH2][Sn]([CH2]CCC)([CH2]CCC)[c]1nc2c(s1)-c1s[c]([Sn]([CH2]CCC)([CH2]CCC)[CH2]CCC)nc1C21OCCO1. The molecule has 3 heterocycles. The van der Waals surface area contributed by atoms with Crippen LogP contribution in [-0.2, 0) is 15.3 Å². The van der Waals surface area contributed by atoms with Gasteiger partial charge in [-0.05, 0) is 0 Å². The zero-order chi connectivity index (χ0) is 29.3. The van der Waals surface area contributed by atoms with Crippen molar-refractivity contribution < 1.29 is 9.47 Å². The quantitative estimate of drug-likeness (QED) is 0.125. The van der Waals surface area contributed by atoms with Crippen molar-refractivity contribution in [2.24, 2.45) is 0 Å². The van der Waals surface area contributed by atoms with Gasteiger partial charge in [0.1, 0.15) is 0 Å². The van der Waals surface area contributed by atoms with Gasteiger partial charge in [0.2, 0.25) is 0 Å². The predicted molar refractivity (Wildman–Crippen MR) is 185 cm³/mol. The molecule has 232 valence electrons. The molecule has 0 amide bonds. The number of ether oxygens (including phenoxy) is 2. The van der Waals surface area contributed by atoms with Gasteiger partial charge in [0.15, 0.2) is 0 Å². The number of rotatable bonds is 20. The summed E-state index contributed by atoms with van der Waals surface area (Å²) in [5.41, 5.74) is 2.19. The van der Waals surface area contributed by atoms with E-state index in [1.165, 1.54) is 113 Å². The standard InChI is InChI=1S/C9H4N2O2S2.6C4H9.2Sn/c1-2-13-9(12-1)7-5(14-3-10-7)6-8(9)11-4-15-6;6*1-3-4-2;;/h1-2H2;6*1,3-4H2,2H3;;. The molecule has 1 aliphatic carbocycles. The van der Waals surface area contributed by atoms with Crippen LogP contribution in [0.1, 0.15) is 130 Å². The molecule has 0 bridgehead atoms. The number of hydrogen-bond donors (Lipinski definition) is 0. The van der Waals surface area contributed by atoms with Crippen LogP contribution < -0.4 is 6.05 Å². The van der Waals surface area contributed by atoms with Gasteiger partial charge in [-0.15, -0.1) is 0 Å². The van der Waals surface area contributed by atoms with Gasteiger partial charge in [0, 0.05) is 0 Å². The van der Waals surface area contributed by atoms with E-state index in [2.05, 4.69) is 64.2 Å². The van der Waals surface area contributed by atoms with Gasteiger partial charge in [0.25, 0.3) is 0 Å². The molecule has 0 unspecified atom stereocenters. The molecular formula is C33H58N2O2S2Sn2. The van der Waals surface area contributed by atoms with Gasteiger partial charge >= 0.3 is 270 Å². The molecule has 0 aromatic carbocycles. The average molecular weight is 816 g/mol. The summed E-state index contributed by atoms with van der Waals surface area (Å²) in [7, 11) is 0. The zero-order valence-electron chi connectivity index (χ0n) is 27.2. The second-order valence-electron chi connectivity index (χ2n) is 12.9. The van der Waals surface area contributed by atoms with E-state index in [1.54, 1.807) is 6.05 Å². The molecule has 0 radical (unpaired) electrons. The number of hydrogen-bond acceptors (Lipinski definition) is 6. The van der Waals surface area contributed by atoms with Crippen molar-refractivity contribution in [2.75, 3.05) is 13.2 Å². The van der Waals surface area contributed by atoms with Gasteiger partial charge in [-0.2, -0.15) is 0 Å². The molecule has 41 heavy (non-hydrogen) atoms. The number of nitrogens with zero attached hydrogens (tertiary/aromatic N) is 2. The van der Waals surface area contributed by atoms with Crippen molar-refractivity contribution >= 4 is 65.5 Å². The first-order valence-corrected chi connectivity index (χ1v) is 33.9. The Labute approximate surface area is 268 Å². The first-order valence-electron chi connectivity index (χ1n) is 17.3. The summed E-state index contributed by atoms with van der Waals surface area (Å²) < 4.78 is 25.1. The van der Waals surface area contributed by atoms with Crippen LogP contribution in [0.3, 0.4) is 0 Å². The molecule has 0 atom stereocenters. The number of fused-ring (bicyclic) bond motifs is 5. The van der Waals surface area contributed by atoms with E-state index in [0.29, 0.717) is 13.2 Å². The minimum absolute atomic E-state index is 0.643. The van der Waals surface area contributed by atoms with E-state index in [4.69, 9.17) is 19.4 Å². The summed E-state index contributed by atoms with van der Waals surface area (Å²) >= 11 is -1.18. The first kappa shape index (κ1) is 34.6. The number of aromatic nitrogens is 2. The second-order valence-corrected chi connectivity index (χ2v) is 42.8. The van der Waals surface area contributed by atoms with Crippen molar-refractivity contribution in [1.29, 1.82) is 0 Å². The topological polar surface area (TPSA) is 44.2 Å². The van der Waals surface area contributed by atoms with Crippen molar-refractivity contribution in [3.63, 3.8) is 0 Å². The molecule has 1 saturated heterocycles. The number of thiazole rings is 2. The molecular weight excluding hydrogens is 758 g/mol. The van der Waals surface area contributed by atoms with Gasteiger partial charge in [-0.1, -0.05) is 0 Å². The van der Waals surface area contributed by atoms with E-state index in [-0.39, 0.29) is 0 Å². The third-order valence-corrected chi connectivity index (χ3v) is 47.5. The van der Waals surface area contributed by atoms with E-state index < -0.39 is 42.5 Å². The second kappa shape index (κ2) is 16.4. The number of unbranched alkanes of at least 4 members (excludes halogenated alkanes) is 6. The summed E-state index contributed by atoms with van der Waals surface area (Å²) in [5, 5.41) is 0. The normalized spacial score (nSPS) is 16.1. The Kier molecular flexibility index (Phi) is 13.8. The summed E-state index contributed by atoms with van der Waals surface area (Å²) in [4.78, 5) is 14.0. The zero-order valence-corrected chi connectivity index (χ0v) is 34.5. The Hall–Kier alpha value is 0.777. The Morgan fingerprint density at radius 2 is 0.829 bits per heavy atom. The Morgan fingerprint density at radius 1 is 0.537 bits per heavy atom. The maximum absolute atomic E-state index is 6.61. The molecule has 1 spiro atoms. The minimum atomic E-state index is -2.67. The van der Waals surface area contributed by atoms with Gasteiger partial charge in [-0.3, -0.25) is 0 Å². The summed E-state index contributed by atoms with van der Waals surface area (Å²) in [6, 6.07) is 0. The predicted octanol–water partition coefficient (Wildman–Crippen LogP) is 9.94. The third-order valence-electron chi connectivity index (χ3n) is 9.74. The van der Waals surface area contributed by atoms with E-state index in [1.807, 2.05) is 0 Å². The summed E-state index contributed by atoms with van der Waals surface area (Å²) in [6.07, 6.45) is 16.0. The summed E-state index contributed by atoms with van der Waals surface area (Å²) in [6.45, 7) is 15.5. The first-order chi connectivity index (χ1) is 20.0. The van der Waals surface area contributed by atoms with Gasteiger partial charge in [0.05, 0.1) is 0 Å². The van der Waals surface area contributed by atoms with E-state index in [0.717, 1.165) is 11.4 Å². The van der Waals surface area contributed by atoms with Crippen LogP contribution >= 0.6 is 22.7 Å². The molecule has 0 saturated carbocycles. The van der Waals surface area contributed by atoms with E-state index >= 15 is 0 Å². The fourth-order valence-electron chi connectivity index (χ4n) is 7.13. The van der Waals surface area contributed by atoms with Crippen LogP contribution in [-0.4, -0.2) is 59.9 Å². The van der Waals surface area contributed by atoms with Gasteiger partial charge in [-0.25, -0.2) is 0 Å². The maximum atomic E-state index is 6.61. The molecule has 4 nitrogen and oxygen atoms in total. The van der Waals surface area contributed by atoms with Crippen molar-refractivity contribution in [1.82, 2.24) is 9.97 Å². The molecule has 4 rings (SSSR count). The van der Waals surface area contributed by atoms with Crippen LogP contribution in [0, 0.1) is 0 Å². The van der Waals surface area contributed by atoms with Crippen molar-refractivity contribution in [3.05, 3.63) is 11.4 Å². The van der Waals surface area contributed by atoms with Crippen LogP contribution in [0.15, 0.2) is 0 Å². The Balaban J connectivity index is 1.84. The molecule has 2 aromatic rings. The Bertz CT molecular complexity index is 958. The molecule has 2 aliphatic rings. The molecule has 1 fully saturated rings. The molecule has 8 heteroatoms. The summed E-state index contributed by atoms with van der Waals surface area (Å²) in [5.74, 6) is -0.829. The van der Waals surface area contributed by atoms with Crippen molar-refractivity contribution in [3.8, 4) is 9.75 Å². The van der Waals surface area contributed by atoms with Crippen molar-refractivity contribution in [2.45, 2.75) is 151 Å². The van der Waals surface area contributed by atoms with Crippen LogP contribution in [0.4, 0.5) is 0 Å². The molecule has 0 N–H and O–H groups in total. The fourth-order valence-corrected chi connectivity index (χ4v) is 46.5. The average Bonchev–Trinajstić information content (AvgIpc) is 3.78. The monoisotopic (exact) mass is 818 g/mol. The molecule has 1 aliphatic heterocycles. The third kappa shape index (κ3) is 7.28. The Morgan fingerprint density at radius 3 is 1.10 bits per heavy atom. The van der Waals surface area contributed by atoms with Gasteiger partial charge < -0.3 is 0 Å². The fraction of sp³-hybridized carbons (Fsp3) is 0.818. The van der Waals surface area contributed by atoms with Crippen LogP contribution in [0.25, 0.3) is 9.75 Å². The van der Waals surface area contributed by atoms with E-state index in [9.17, 15) is 0 Å². The van der Waals surface area contributed by atoms with Crippen LogP contribution in [0.2, 0.25) is 26.6 Å². The molecule has 2 aromatic heterocycles. The van der Waals surface area contributed by atoms with Crippen LogP contribution in [0.5, 0.6) is 0 Å².